The minimum absolute atomic E-state index is 0.121. The lowest BCUT2D eigenvalue weighted by molar-refractivity contribution is 0.0727. The fourth-order valence-electron chi connectivity index (χ4n) is 5.19. The highest BCUT2D eigenvalue weighted by Crippen LogP contribution is 2.37. The molecule has 33 heavy (non-hydrogen) atoms. The molecular weight excluding hydrogens is 410 g/mol. The molecule has 0 bridgehead atoms. The monoisotopic (exact) mass is 441 g/mol. The Balaban J connectivity index is 1.45. The lowest BCUT2D eigenvalue weighted by Crippen LogP contribution is -2.44. The third-order valence-corrected chi connectivity index (χ3v) is 7.44. The second-order valence-electron chi connectivity index (χ2n) is 9.83. The van der Waals surface area contributed by atoms with Gasteiger partial charge in [-0.2, -0.15) is 0 Å². The fourth-order valence-corrected chi connectivity index (χ4v) is 5.19. The zero-order chi connectivity index (χ0) is 22.7. The van der Waals surface area contributed by atoms with E-state index in [1.54, 1.807) is 0 Å². The Bertz CT molecular complexity index is 1380. The molecule has 2 aromatic heterocycles. The quantitative estimate of drug-likeness (QED) is 0.488. The molecule has 1 saturated carbocycles. The number of carbonyl (C=O) groups is 1. The Morgan fingerprint density at radius 1 is 1.15 bits per heavy atom. The molecule has 3 heterocycles. The summed E-state index contributed by atoms with van der Waals surface area (Å²) >= 11 is 0. The Hall–Kier alpha value is -3.12. The first-order chi connectivity index (χ1) is 16.0. The van der Waals surface area contributed by atoms with Crippen LogP contribution in [0.1, 0.15) is 35.7 Å². The normalized spacial score (nSPS) is 17.2. The van der Waals surface area contributed by atoms with Crippen molar-refractivity contribution in [2.75, 3.05) is 20.1 Å². The predicted octanol–water partition coefficient (Wildman–Crippen LogP) is 4.21. The lowest BCUT2D eigenvalue weighted by Gasteiger charge is -2.30. The molecule has 2 aromatic carbocycles. The van der Waals surface area contributed by atoms with Gasteiger partial charge in [-0.3, -0.25) is 4.79 Å². The fraction of sp³-hybridized carbons (Fsp3) is 0.407. The first-order valence-corrected chi connectivity index (χ1v) is 12.1. The van der Waals surface area contributed by atoms with Gasteiger partial charge in [-0.25, -0.2) is 4.98 Å². The number of aromatic nitrogens is 3. The average Bonchev–Trinajstić information content (AvgIpc) is 3.50. The molecule has 1 atom stereocenters. The molecule has 1 N–H and O–H groups in total. The van der Waals surface area contributed by atoms with Crippen LogP contribution in [0.15, 0.2) is 42.5 Å². The second kappa shape index (κ2) is 7.73. The Morgan fingerprint density at radius 2 is 1.97 bits per heavy atom. The summed E-state index contributed by atoms with van der Waals surface area (Å²) in [5, 5.41) is 4.49. The van der Waals surface area contributed by atoms with Gasteiger partial charge in [-0.05, 0) is 69.0 Å². The molecule has 6 heteroatoms. The number of aryl methyl sites for hydroxylation is 1. The van der Waals surface area contributed by atoms with Gasteiger partial charge >= 0.3 is 0 Å². The van der Waals surface area contributed by atoms with Crippen molar-refractivity contribution in [2.24, 2.45) is 13.0 Å². The van der Waals surface area contributed by atoms with Crippen LogP contribution in [-0.4, -0.2) is 51.1 Å². The van der Waals surface area contributed by atoms with E-state index in [2.05, 4.69) is 64.8 Å². The van der Waals surface area contributed by atoms with Gasteiger partial charge in [-0.1, -0.05) is 18.2 Å². The van der Waals surface area contributed by atoms with E-state index in [0.717, 1.165) is 65.7 Å². The first-order valence-electron chi connectivity index (χ1n) is 12.1. The summed E-state index contributed by atoms with van der Waals surface area (Å²) in [6.07, 6.45) is 3.51. The molecular formula is C27H31N5O. The molecule has 1 amide bonds. The molecule has 6 nitrogen and oxygen atoms in total. The number of nitrogens with one attached hydrogen (secondary N) is 1. The maximum absolute atomic E-state index is 13.2. The largest absolute Gasteiger partial charge is 0.338 e. The lowest BCUT2D eigenvalue weighted by atomic mass is 9.97. The van der Waals surface area contributed by atoms with Crippen LogP contribution < -0.4 is 5.32 Å². The van der Waals surface area contributed by atoms with Crippen molar-refractivity contribution in [3.05, 3.63) is 53.6 Å². The molecule has 4 aromatic rings. The van der Waals surface area contributed by atoms with Gasteiger partial charge in [0.05, 0.1) is 16.7 Å². The van der Waals surface area contributed by atoms with E-state index in [1.165, 1.54) is 23.7 Å². The second-order valence-corrected chi connectivity index (χ2v) is 9.83. The topological polar surface area (TPSA) is 55.1 Å². The zero-order valence-corrected chi connectivity index (χ0v) is 19.6. The zero-order valence-electron chi connectivity index (χ0n) is 19.6. The van der Waals surface area contributed by atoms with E-state index >= 15 is 0 Å². The van der Waals surface area contributed by atoms with Crippen LogP contribution in [0.4, 0.5) is 0 Å². The van der Waals surface area contributed by atoms with Crippen LogP contribution in [0.5, 0.6) is 0 Å². The van der Waals surface area contributed by atoms with Crippen LogP contribution in [0, 0.1) is 5.92 Å². The number of imidazole rings is 1. The van der Waals surface area contributed by atoms with Crippen LogP contribution >= 0.6 is 0 Å². The van der Waals surface area contributed by atoms with Gasteiger partial charge in [0, 0.05) is 49.2 Å². The van der Waals surface area contributed by atoms with Crippen molar-refractivity contribution in [1.82, 2.24) is 24.3 Å². The number of carbonyl (C=O) groups excluding carboxylic acids is 1. The van der Waals surface area contributed by atoms with E-state index < -0.39 is 0 Å². The summed E-state index contributed by atoms with van der Waals surface area (Å²) in [5.41, 5.74) is 6.36. The van der Waals surface area contributed by atoms with Crippen LogP contribution in [0.3, 0.4) is 0 Å². The van der Waals surface area contributed by atoms with Crippen molar-refractivity contribution < 1.29 is 4.79 Å². The molecule has 170 valence electrons. The summed E-state index contributed by atoms with van der Waals surface area (Å²) in [4.78, 5) is 20.3. The maximum Gasteiger partial charge on any atom is 0.254 e. The van der Waals surface area contributed by atoms with E-state index in [-0.39, 0.29) is 11.9 Å². The predicted molar refractivity (Wildman–Crippen MR) is 132 cm³/mol. The summed E-state index contributed by atoms with van der Waals surface area (Å²) < 4.78 is 4.65. The van der Waals surface area contributed by atoms with E-state index in [9.17, 15) is 4.79 Å². The van der Waals surface area contributed by atoms with Crippen molar-refractivity contribution >= 4 is 27.8 Å². The summed E-state index contributed by atoms with van der Waals surface area (Å²) in [6.45, 7) is 4.64. The number of hydrogen-bond acceptors (Lipinski definition) is 3. The standard InChI is InChI=1S/C27H31N5O/c1-17(28-2)15-31-11-10-19-12-24-22(14-21(19)27(31)33)29-26(30(24)3)25-13-20-6-4-5-7-23(20)32(25)16-18-8-9-18/h4-7,12-14,17-18,28H,8-11,15-16H2,1-3H3. The third-order valence-electron chi connectivity index (χ3n) is 7.44. The minimum atomic E-state index is 0.121. The van der Waals surface area contributed by atoms with Crippen molar-refractivity contribution in [3.63, 3.8) is 0 Å². The van der Waals surface area contributed by atoms with Gasteiger partial charge in [0.2, 0.25) is 0 Å². The summed E-state index contributed by atoms with van der Waals surface area (Å²) in [6, 6.07) is 15.4. The van der Waals surface area contributed by atoms with Crippen molar-refractivity contribution in [1.29, 1.82) is 0 Å². The van der Waals surface area contributed by atoms with Gasteiger partial charge < -0.3 is 19.4 Å². The minimum Gasteiger partial charge on any atom is -0.338 e. The van der Waals surface area contributed by atoms with E-state index in [0.29, 0.717) is 0 Å². The number of rotatable bonds is 6. The van der Waals surface area contributed by atoms with Gasteiger partial charge in [0.25, 0.3) is 5.91 Å². The highest BCUT2D eigenvalue weighted by Gasteiger charge is 2.28. The Labute approximate surface area is 194 Å². The third kappa shape index (κ3) is 3.44. The Kier molecular flexibility index (Phi) is 4.80. The SMILES string of the molecule is CNC(C)CN1CCc2cc3c(cc2C1=O)nc(-c1cc2ccccc2n1CC1CC1)n3C. The number of benzene rings is 2. The molecule has 1 aliphatic carbocycles. The van der Waals surface area contributed by atoms with Crippen LogP contribution in [-0.2, 0) is 20.0 Å². The smallest absolute Gasteiger partial charge is 0.254 e. The van der Waals surface area contributed by atoms with Crippen LogP contribution in [0.2, 0.25) is 0 Å². The van der Waals surface area contributed by atoms with Crippen molar-refractivity contribution in [2.45, 2.75) is 38.8 Å². The highest BCUT2D eigenvalue weighted by atomic mass is 16.2. The number of hydrogen-bond donors (Lipinski definition) is 1. The molecule has 0 saturated heterocycles. The molecule has 1 unspecified atom stereocenters. The highest BCUT2D eigenvalue weighted by molar-refractivity contribution is 6.00. The molecule has 0 spiro atoms. The first kappa shape index (κ1) is 20.5. The van der Waals surface area contributed by atoms with Crippen LogP contribution in [0.25, 0.3) is 33.5 Å². The van der Waals surface area contributed by atoms with Gasteiger partial charge in [0.15, 0.2) is 5.82 Å². The maximum atomic E-state index is 13.2. The summed E-state index contributed by atoms with van der Waals surface area (Å²) in [7, 11) is 4.04. The van der Waals surface area contributed by atoms with Gasteiger partial charge in [-0.15, -0.1) is 0 Å². The molecule has 2 aliphatic rings. The number of likely N-dealkylation sites (N-methyl/N-ethyl adjacent to an activating group) is 1. The van der Waals surface area contributed by atoms with Crippen molar-refractivity contribution in [3.8, 4) is 11.5 Å². The number of fused-ring (bicyclic) bond motifs is 3. The number of para-hydroxylation sites is 1. The van der Waals surface area contributed by atoms with E-state index in [4.69, 9.17) is 4.98 Å². The Morgan fingerprint density at radius 3 is 2.76 bits per heavy atom. The molecule has 1 fully saturated rings. The average molecular weight is 442 g/mol. The molecule has 0 radical (unpaired) electrons. The van der Waals surface area contributed by atoms with Gasteiger partial charge in [0.1, 0.15) is 0 Å². The van der Waals surface area contributed by atoms with E-state index in [1.807, 2.05) is 18.0 Å². The molecule has 1 aliphatic heterocycles. The number of amides is 1. The molecule has 6 rings (SSSR count). The summed E-state index contributed by atoms with van der Waals surface area (Å²) in [5.74, 6) is 1.86. The number of nitrogens with zero attached hydrogens (tertiary/aromatic N) is 4.